The first-order valence-electron chi connectivity index (χ1n) is 6.28. The molecule has 18 heavy (non-hydrogen) atoms. The van der Waals surface area contributed by atoms with Crippen molar-refractivity contribution >= 4 is 7.25 Å². The fourth-order valence-electron chi connectivity index (χ4n) is 1.65. The minimum atomic E-state index is -6.00. The Bertz CT molecular complexity index is 268. The molecule has 0 bridgehead atoms. The number of hydrogen-bond acceptors (Lipinski definition) is 1. The summed E-state index contributed by atoms with van der Waals surface area (Å²) in [6.07, 6.45) is 12.0. The van der Waals surface area contributed by atoms with E-state index in [1.165, 1.54) is 37.8 Å². The molecule has 0 fully saturated rings. The van der Waals surface area contributed by atoms with Gasteiger partial charge in [-0.2, -0.15) is 0 Å². The van der Waals surface area contributed by atoms with Crippen molar-refractivity contribution in [2.24, 2.45) is 0 Å². The molecule has 1 rings (SSSR count). The van der Waals surface area contributed by atoms with Gasteiger partial charge in [0.2, 0.25) is 0 Å². The smallest absolute Gasteiger partial charge is 0.418 e. The number of hydrogen-bond donors (Lipinski definition) is 0. The van der Waals surface area contributed by atoms with Crippen molar-refractivity contribution in [1.82, 2.24) is 4.90 Å². The first-order valence-corrected chi connectivity index (χ1v) is 6.28. The lowest BCUT2D eigenvalue weighted by molar-refractivity contribution is 0.368. The minimum Gasteiger partial charge on any atom is -0.418 e. The Hall–Kier alpha value is -0.935. The second-order valence-corrected chi connectivity index (χ2v) is 4.38. The van der Waals surface area contributed by atoms with E-state index in [2.05, 4.69) is 37.1 Å². The van der Waals surface area contributed by atoms with Crippen LogP contribution in [0.4, 0.5) is 17.3 Å². The molecule has 0 aromatic rings. The normalized spacial score (nSPS) is 15.0. The molecular weight excluding hydrogens is 245 g/mol. The molecule has 0 saturated heterocycles. The van der Waals surface area contributed by atoms with Crippen molar-refractivity contribution in [2.45, 2.75) is 39.5 Å². The topological polar surface area (TPSA) is 3.24 Å². The average molecular weight is 266 g/mol. The van der Waals surface area contributed by atoms with E-state index in [9.17, 15) is 17.3 Å². The summed E-state index contributed by atoms with van der Waals surface area (Å²) in [5, 5.41) is 0. The molecule has 1 nitrogen and oxygen atoms in total. The Morgan fingerprint density at radius 2 is 1.78 bits per heavy atom. The van der Waals surface area contributed by atoms with Gasteiger partial charge in [0.1, 0.15) is 0 Å². The molecule has 0 atom stereocenters. The van der Waals surface area contributed by atoms with E-state index in [1.54, 1.807) is 0 Å². The second kappa shape index (κ2) is 9.06. The van der Waals surface area contributed by atoms with Crippen molar-refractivity contribution in [1.29, 1.82) is 0 Å². The Morgan fingerprint density at radius 3 is 2.28 bits per heavy atom. The Morgan fingerprint density at radius 1 is 1.17 bits per heavy atom. The molecule has 0 aromatic heterocycles. The molecule has 6 heteroatoms. The summed E-state index contributed by atoms with van der Waals surface area (Å²) in [6, 6.07) is 0. The Balaban J connectivity index is 0.000000494. The number of unbranched alkanes of at least 4 members (excludes halogenated alkanes) is 3. The SMILES string of the molecule is CCCCCCN1C=CC=C(C)C1.F[B-](F)(F)F. The van der Waals surface area contributed by atoms with Gasteiger partial charge >= 0.3 is 7.25 Å². The molecule has 106 valence electrons. The highest BCUT2D eigenvalue weighted by atomic mass is 19.5. The molecular formula is C12H21BF4N-. The largest absolute Gasteiger partial charge is 0.673 e. The second-order valence-electron chi connectivity index (χ2n) is 4.38. The predicted molar refractivity (Wildman–Crippen MR) is 68.8 cm³/mol. The average Bonchev–Trinajstić information content (AvgIpc) is 2.22. The lowest BCUT2D eigenvalue weighted by Gasteiger charge is -2.23. The summed E-state index contributed by atoms with van der Waals surface area (Å²) in [4.78, 5) is 2.41. The fraction of sp³-hybridized carbons (Fsp3) is 0.667. The Labute approximate surface area is 107 Å². The monoisotopic (exact) mass is 266 g/mol. The third-order valence-corrected chi connectivity index (χ3v) is 2.43. The summed E-state index contributed by atoms with van der Waals surface area (Å²) in [5.41, 5.74) is 1.47. The predicted octanol–water partition coefficient (Wildman–Crippen LogP) is 4.64. The number of rotatable bonds is 5. The van der Waals surface area contributed by atoms with E-state index in [-0.39, 0.29) is 0 Å². The summed E-state index contributed by atoms with van der Waals surface area (Å²) < 4.78 is 39.0. The van der Waals surface area contributed by atoms with Crippen molar-refractivity contribution in [3.63, 3.8) is 0 Å². The number of halogens is 4. The van der Waals surface area contributed by atoms with Gasteiger partial charge < -0.3 is 22.2 Å². The highest BCUT2D eigenvalue weighted by molar-refractivity contribution is 6.50. The van der Waals surface area contributed by atoms with Crippen LogP contribution < -0.4 is 0 Å². The highest BCUT2D eigenvalue weighted by Crippen LogP contribution is 2.08. The van der Waals surface area contributed by atoms with Crippen molar-refractivity contribution < 1.29 is 17.3 Å². The maximum absolute atomic E-state index is 9.75. The maximum atomic E-state index is 9.75. The van der Waals surface area contributed by atoms with Gasteiger partial charge in [-0.1, -0.05) is 37.8 Å². The first-order chi connectivity index (χ1) is 8.33. The van der Waals surface area contributed by atoms with E-state index in [0.29, 0.717) is 0 Å². The van der Waals surface area contributed by atoms with Crippen LogP contribution in [-0.2, 0) is 0 Å². The van der Waals surface area contributed by atoms with Crippen LogP contribution in [0.15, 0.2) is 23.9 Å². The van der Waals surface area contributed by atoms with Gasteiger partial charge in [-0.05, 0) is 25.6 Å². The molecule has 0 saturated carbocycles. The maximum Gasteiger partial charge on any atom is 0.673 e. The summed E-state index contributed by atoms with van der Waals surface area (Å²) in [5.74, 6) is 0. The standard InChI is InChI=1S/C12H21N.BF4/c1-3-4-5-6-9-13-10-7-8-12(2)11-13;2-1(3,4)5/h7-8,10H,3-6,9,11H2,1-2H3;/q;-1. The summed E-state index contributed by atoms with van der Waals surface area (Å²) in [6.45, 7) is 6.81. The third-order valence-electron chi connectivity index (χ3n) is 2.43. The van der Waals surface area contributed by atoms with Crippen molar-refractivity contribution in [2.75, 3.05) is 13.1 Å². The van der Waals surface area contributed by atoms with Crippen LogP contribution in [0.1, 0.15) is 39.5 Å². The lowest BCUT2D eigenvalue weighted by atomic mass is 10.1. The van der Waals surface area contributed by atoms with Crippen LogP contribution >= 0.6 is 0 Å². The van der Waals surface area contributed by atoms with Gasteiger partial charge in [0, 0.05) is 13.1 Å². The quantitative estimate of drug-likeness (QED) is 0.398. The fourth-order valence-corrected chi connectivity index (χ4v) is 1.65. The zero-order valence-corrected chi connectivity index (χ0v) is 11.0. The molecule has 0 aliphatic carbocycles. The van der Waals surface area contributed by atoms with E-state index in [1.807, 2.05) is 0 Å². The molecule has 0 radical (unpaired) electrons. The zero-order chi connectivity index (χ0) is 14.0. The van der Waals surface area contributed by atoms with E-state index < -0.39 is 7.25 Å². The molecule has 1 aliphatic heterocycles. The molecule has 0 unspecified atom stereocenters. The van der Waals surface area contributed by atoms with Gasteiger partial charge in [0.05, 0.1) is 0 Å². The summed E-state index contributed by atoms with van der Waals surface area (Å²) in [7, 11) is -6.00. The van der Waals surface area contributed by atoms with Gasteiger partial charge in [0.15, 0.2) is 0 Å². The molecule has 0 N–H and O–H groups in total. The van der Waals surface area contributed by atoms with Gasteiger partial charge in [0.25, 0.3) is 0 Å². The van der Waals surface area contributed by atoms with E-state index >= 15 is 0 Å². The lowest BCUT2D eigenvalue weighted by Crippen LogP contribution is -2.22. The van der Waals surface area contributed by atoms with Crippen LogP contribution in [0, 0.1) is 0 Å². The number of nitrogens with zero attached hydrogens (tertiary/aromatic N) is 1. The van der Waals surface area contributed by atoms with Gasteiger partial charge in [-0.15, -0.1) is 0 Å². The first kappa shape index (κ1) is 17.1. The molecule has 1 heterocycles. The van der Waals surface area contributed by atoms with Crippen LogP contribution in [0.5, 0.6) is 0 Å². The minimum absolute atomic E-state index is 1.13. The van der Waals surface area contributed by atoms with Crippen LogP contribution in [0.3, 0.4) is 0 Å². The van der Waals surface area contributed by atoms with Gasteiger partial charge in [-0.3, -0.25) is 0 Å². The molecule has 1 aliphatic rings. The van der Waals surface area contributed by atoms with Crippen molar-refractivity contribution in [3.05, 3.63) is 23.9 Å². The highest BCUT2D eigenvalue weighted by Gasteiger charge is 2.20. The van der Waals surface area contributed by atoms with E-state index in [4.69, 9.17) is 0 Å². The molecule has 0 aromatic carbocycles. The van der Waals surface area contributed by atoms with Crippen LogP contribution in [0.2, 0.25) is 0 Å². The van der Waals surface area contributed by atoms with Gasteiger partial charge in [-0.25, -0.2) is 0 Å². The molecule has 0 amide bonds. The molecule has 0 spiro atoms. The van der Waals surface area contributed by atoms with Crippen LogP contribution in [0.25, 0.3) is 0 Å². The van der Waals surface area contributed by atoms with E-state index in [0.717, 1.165) is 6.54 Å². The zero-order valence-electron chi connectivity index (χ0n) is 11.0. The number of allylic oxidation sites excluding steroid dienone is 2. The third kappa shape index (κ3) is 13.1. The Kier molecular flexibility index (Phi) is 8.59. The van der Waals surface area contributed by atoms with Crippen LogP contribution in [-0.4, -0.2) is 25.2 Å². The summed E-state index contributed by atoms with van der Waals surface area (Å²) >= 11 is 0. The van der Waals surface area contributed by atoms with Crippen molar-refractivity contribution in [3.8, 4) is 0 Å².